The van der Waals surface area contributed by atoms with Crippen LogP contribution >= 0.6 is 11.8 Å². The van der Waals surface area contributed by atoms with E-state index in [9.17, 15) is 8.42 Å². The van der Waals surface area contributed by atoms with E-state index in [0.29, 0.717) is 28.2 Å². The molecule has 1 saturated heterocycles. The molecule has 17 heavy (non-hydrogen) atoms. The molecule has 0 aromatic rings. The van der Waals surface area contributed by atoms with Crippen molar-refractivity contribution in [1.82, 2.24) is 5.32 Å². The molecule has 0 radical (unpaired) electrons. The van der Waals surface area contributed by atoms with Crippen LogP contribution < -0.4 is 5.32 Å². The molecular formula is C12H25NO2S2. The van der Waals surface area contributed by atoms with Crippen molar-refractivity contribution >= 4 is 21.6 Å². The van der Waals surface area contributed by atoms with Gasteiger partial charge in [0, 0.05) is 16.5 Å². The number of sulfone groups is 1. The van der Waals surface area contributed by atoms with Crippen LogP contribution in [-0.2, 0) is 9.84 Å². The van der Waals surface area contributed by atoms with Gasteiger partial charge in [-0.2, -0.15) is 11.8 Å². The van der Waals surface area contributed by atoms with Crippen molar-refractivity contribution in [3.63, 3.8) is 0 Å². The van der Waals surface area contributed by atoms with Crippen molar-refractivity contribution in [3.8, 4) is 0 Å². The second-order valence-electron chi connectivity index (χ2n) is 6.00. The zero-order chi connectivity index (χ0) is 13.1. The maximum absolute atomic E-state index is 11.3. The summed E-state index contributed by atoms with van der Waals surface area (Å²) in [4.78, 5) is 0. The first-order valence-corrected chi connectivity index (χ1v) is 9.06. The number of hydrogen-bond donors (Lipinski definition) is 1. The molecule has 0 aliphatic carbocycles. The van der Waals surface area contributed by atoms with Crippen molar-refractivity contribution < 1.29 is 8.42 Å². The topological polar surface area (TPSA) is 46.2 Å². The molecule has 3 nitrogen and oxygen atoms in total. The molecule has 1 heterocycles. The van der Waals surface area contributed by atoms with Gasteiger partial charge in [0.25, 0.3) is 0 Å². The summed E-state index contributed by atoms with van der Waals surface area (Å²) in [7, 11) is -2.72. The average molecular weight is 279 g/mol. The lowest BCUT2D eigenvalue weighted by atomic mass is 10.1. The lowest BCUT2D eigenvalue weighted by molar-refractivity contribution is 0.486. The summed E-state index contributed by atoms with van der Waals surface area (Å²) in [6, 6.07) is 0.447. The maximum atomic E-state index is 11.3. The van der Waals surface area contributed by atoms with Gasteiger partial charge in [0.1, 0.15) is 0 Å². The average Bonchev–Trinajstić information content (AvgIpc) is 2.51. The van der Waals surface area contributed by atoms with E-state index in [1.54, 1.807) is 0 Å². The van der Waals surface area contributed by atoms with E-state index in [1.165, 1.54) is 0 Å². The first-order chi connectivity index (χ1) is 7.68. The Labute approximate surface area is 110 Å². The quantitative estimate of drug-likeness (QED) is 0.835. The van der Waals surface area contributed by atoms with Crippen LogP contribution in [0, 0.1) is 5.92 Å². The molecule has 1 N–H and O–H groups in total. The lowest BCUT2D eigenvalue weighted by Gasteiger charge is -2.22. The minimum atomic E-state index is -2.72. The third-order valence-corrected chi connectivity index (χ3v) is 6.22. The fourth-order valence-corrected chi connectivity index (χ4v) is 4.56. The molecule has 0 saturated carbocycles. The summed E-state index contributed by atoms with van der Waals surface area (Å²) in [5.74, 6) is 2.15. The van der Waals surface area contributed by atoms with E-state index in [-0.39, 0.29) is 0 Å². The Morgan fingerprint density at radius 3 is 2.53 bits per heavy atom. The third-order valence-electron chi connectivity index (χ3n) is 2.85. The van der Waals surface area contributed by atoms with Gasteiger partial charge >= 0.3 is 0 Å². The van der Waals surface area contributed by atoms with E-state index >= 15 is 0 Å². The fourth-order valence-electron chi connectivity index (χ4n) is 1.83. The van der Waals surface area contributed by atoms with Crippen molar-refractivity contribution in [2.45, 2.75) is 44.9 Å². The Morgan fingerprint density at radius 2 is 2.06 bits per heavy atom. The molecule has 0 amide bonds. The second-order valence-corrected chi connectivity index (χ2v) is 10.1. The van der Waals surface area contributed by atoms with Gasteiger partial charge in [-0.25, -0.2) is 8.42 Å². The first-order valence-electron chi connectivity index (χ1n) is 6.26. The van der Waals surface area contributed by atoms with Crippen LogP contribution in [0.3, 0.4) is 0 Å². The summed E-state index contributed by atoms with van der Waals surface area (Å²) in [5, 5.41) is 3.45. The molecule has 0 spiro atoms. The molecule has 2 unspecified atom stereocenters. The summed E-state index contributed by atoms with van der Waals surface area (Å²) in [6.45, 7) is 9.66. The predicted octanol–water partition coefficient (Wildman–Crippen LogP) is 1.93. The zero-order valence-electron chi connectivity index (χ0n) is 11.3. The smallest absolute Gasteiger partial charge is 0.150 e. The number of thioether (sulfide) groups is 1. The Balaban J connectivity index is 2.19. The van der Waals surface area contributed by atoms with Crippen LogP contribution in [0.15, 0.2) is 0 Å². The number of nitrogens with one attached hydrogen (secondary N) is 1. The molecule has 102 valence electrons. The number of hydrogen-bond acceptors (Lipinski definition) is 4. The summed E-state index contributed by atoms with van der Waals surface area (Å²) < 4.78 is 22.9. The maximum Gasteiger partial charge on any atom is 0.150 e. The van der Waals surface area contributed by atoms with Crippen molar-refractivity contribution in [3.05, 3.63) is 0 Å². The van der Waals surface area contributed by atoms with E-state index in [2.05, 4.69) is 33.0 Å². The minimum absolute atomic E-state index is 0.298. The van der Waals surface area contributed by atoms with E-state index in [4.69, 9.17) is 0 Å². The highest BCUT2D eigenvalue weighted by Crippen LogP contribution is 2.24. The van der Waals surface area contributed by atoms with Crippen molar-refractivity contribution in [2.75, 3.05) is 23.8 Å². The molecule has 1 aliphatic rings. The Morgan fingerprint density at radius 1 is 1.41 bits per heavy atom. The van der Waals surface area contributed by atoms with Gasteiger partial charge in [-0.1, -0.05) is 20.8 Å². The Bertz CT molecular complexity index is 333. The standard InChI is InChI=1S/C12H25NO2S2/c1-10(8-16-12(2,3)4)13-7-11-5-6-17(14,15)9-11/h10-11,13H,5-9H2,1-4H3. The van der Waals surface area contributed by atoms with Crippen LogP contribution in [0.1, 0.15) is 34.1 Å². The van der Waals surface area contributed by atoms with Gasteiger partial charge in [0.15, 0.2) is 9.84 Å². The van der Waals surface area contributed by atoms with E-state index in [1.807, 2.05) is 11.8 Å². The van der Waals surface area contributed by atoms with Crippen LogP contribution in [0.25, 0.3) is 0 Å². The summed E-state index contributed by atoms with van der Waals surface area (Å²) >= 11 is 1.94. The molecule has 1 rings (SSSR count). The number of rotatable bonds is 5. The predicted molar refractivity (Wildman–Crippen MR) is 76.4 cm³/mol. The van der Waals surface area contributed by atoms with Crippen LogP contribution in [0.2, 0.25) is 0 Å². The van der Waals surface area contributed by atoms with Gasteiger partial charge < -0.3 is 5.32 Å². The van der Waals surface area contributed by atoms with Gasteiger partial charge in [-0.05, 0) is 25.8 Å². The zero-order valence-corrected chi connectivity index (χ0v) is 13.0. The first kappa shape index (κ1) is 15.3. The highest BCUT2D eigenvalue weighted by Gasteiger charge is 2.27. The van der Waals surface area contributed by atoms with Crippen molar-refractivity contribution in [1.29, 1.82) is 0 Å². The fraction of sp³-hybridized carbons (Fsp3) is 1.00. The minimum Gasteiger partial charge on any atom is -0.313 e. The van der Waals surface area contributed by atoms with E-state index < -0.39 is 9.84 Å². The highest BCUT2D eigenvalue weighted by molar-refractivity contribution is 8.00. The summed E-state index contributed by atoms with van der Waals surface area (Å²) in [5.41, 5.74) is 0. The second kappa shape index (κ2) is 5.93. The Kier molecular flexibility index (Phi) is 5.35. The highest BCUT2D eigenvalue weighted by atomic mass is 32.2. The molecular weight excluding hydrogens is 254 g/mol. The van der Waals surface area contributed by atoms with Gasteiger partial charge in [-0.3, -0.25) is 0 Å². The monoisotopic (exact) mass is 279 g/mol. The normalized spacial score (nSPS) is 26.0. The molecule has 5 heteroatoms. The SMILES string of the molecule is CC(CSC(C)(C)C)NCC1CCS(=O)(=O)C1. The van der Waals surface area contributed by atoms with Gasteiger partial charge in [-0.15, -0.1) is 0 Å². The van der Waals surface area contributed by atoms with Gasteiger partial charge in [0.2, 0.25) is 0 Å². The van der Waals surface area contributed by atoms with E-state index in [0.717, 1.165) is 18.7 Å². The van der Waals surface area contributed by atoms with Gasteiger partial charge in [0.05, 0.1) is 11.5 Å². The molecule has 1 fully saturated rings. The largest absolute Gasteiger partial charge is 0.313 e. The van der Waals surface area contributed by atoms with Crippen LogP contribution in [0.4, 0.5) is 0 Å². The molecule has 0 aromatic carbocycles. The van der Waals surface area contributed by atoms with Crippen molar-refractivity contribution in [2.24, 2.45) is 5.92 Å². The summed E-state index contributed by atoms with van der Waals surface area (Å²) in [6.07, 6.45) is 0.828. The lowest BCUT2D eigenvalue weighted by Crippen LogP contribution is -2.34. The molecule has 1 aliphatic heterocycles. The Hall–Kier alpha value is 0.260. The third kappa shape index (κ3) is 6.67. The molecule has 0 aromatic heterocycles. The molecule has 0 bridgehead atoms. The van der Waals surface area contributed by atoms with Crippen LogP contribution in [-0.4, -0.2) is 43.0 Å². The molecule has 2 atom stereocenters. The van der Waals surface area contributed by atoms with Crippen LogP contribution in [0.5, 0.6) is 0 Å².